The van der Waals surface area contributed by atoms with Gasteiger partial charge in [-0.1, -0.05) is 29.3 Å². The second-order valence-corrected chi connectivity index (χ2v) is 5.19. The van der Waals surface area contributed by atoms with Crippen molar-refractivity contribution in [3.8, 4) is 0 Å². The van der Waals surface area contributed by atoms with Gasteiger partial charge < -0.3 is 5.32 Å². The summed E-state index contributed by atoms with van der Waals surface area (Å²) in [5.41, 5.74) is 2.51. The Bertz CT molecular complexity index is 429. The van der Waals surface area contributed by atoms with Crippen molar-refractivity contribution < 1.29 is 4.39 Å². The molecule has 0 heterocycles. The number of hydrogen-bond donors (Lipinski definition) is 1. The lowest BCUT2D eigenvalue weighted by Crippen LogP contribution is -2.15. The lowest BCUT2D eigenvalue weighted by atomic mass is 9.97. The molecule has 1 aromatic carbocycles. The van der Waals surface area contributed by atoms with Crippen LogP contribution in [0.1, 0.15) is 37.7 Å². The van der Waals surface area contributed by atoms with Crippen molar-refractivity contribution in [2.75, 3.05) is 6.54 Å². The van der Waals surface area contributed by atoms with E-state index in [4.69, 9.17) is 11.6 Å². The van der Waals surface area contributed by atoms with Gasteiger partial charge in [0.25, 0.3) is 0 Å². The van der Waals surface area contributed by atoms with E-state index in [1.54, 1.807) is 11.6 Å². The number of hydrogen-bond acceptors (Lipinski definition) is 1. The first-order chi connectivity index (χ1) is 8.75. The monoisotopic (exact) mass is 267 g/mol. The summed E-state index contributed by atoms with van der Waals surface area (Å²) in [5.74, 6) is -0.342. The quantitative estimate of drug-likeness (QED) is 0.614. The highest BCUT2D eigenvalue weighted by Crippen LogP contribution is 2.19. The van der Waals surface area contributed by atoms with E-state index < -0.39 is 0 Å². The van der Waals surface area contributed by atoms with Crippen LogP contribution >= 0.6 is 11.6 Å². The van der Waals surface area contributed by atoms with Crippen LogP contribution in [-0.2, 0) is 6.54 Å². The molecule has 1 aromatic rings. The second-order valence-electron chi connectivity index (χ2n) is 4.78. The highest BCUT2D eigenvalue weighted by molar-refractivity contribution is 6.30. The Kier molecular flexibility index (Phi) is 5.21. The third kappa shape index (κ3) is 4.11. The Morgan fingerprint density at radius 1 is 1.28 bits per heavy atom. The first-order valence-corrected chi connectivity index (χ1v) is 6.96. The summed E-state index contributed by atoms with van der Waals surface area (Å²) >= 11 is 5.64. The zero-order valence-corrected chi connectivity index (χ0v) is 11.3. The maximum Gasteiger partial charge on any atom is 0.142 e. The van der Waals surface area contributed by atoms with Gasteiger partial charge in [-0.05, 0) is 56.3 Å². The molecule has 0 fully saturated rings. The van der Waals surface area contributed by atoms with E-state index in [0.717, 1.165) is 18.5 Å². The van der Waals surface area contributed by atoms with Gasteiger partial charge in [0.2, 0.25) is 0 Å². The summed E-state index contributed by atoms with van der Waals surface area (Å²) in [7, 11) is 0. The first-order valence-electron chi connectivity index (χ1n) is 6.58. The molecule has 0 saturated heterocycles. The van der Waals surface area contributed by atoms with Gasteiger partial charge in [-0.2, -0.15) is 0 Å². The highest BCUT2D eigenvalue weighted by atomic mass is 35.5. The van der Waals surface area contributed by atoms with Gasteiger partial charge in [-0.15, -0.1) is 0 Å². The molecule has 0 radical (unpaired) electrons. The fourth-order valence-corrected chi connectivity index (χ4v) is 2.38. The van der Waals surface area contributed by atoms with Crippen LogP contribution < -0.4 is 5.32 Å². The van der Waals surface area contributed by atoms with E-state index in [9.17, 15) is 4.39 Å². The van der Waals surface area contributed by atoms with Crippen molar-refractivity contribution >= 4 is 11.6 Å². The molecule has 0 atom stereocenters. The topological polar surface area (TPSA) is 12.0 Å². The standard InChI is InChI=1S/C15H19ClFN/c16-14-7-6-13(10-15(14)17)11-18-9-8-12-4-2-1-3-5-12/h4,6-7,10,18H,1-3,5,8-9,11H2. The maximum atomic E-state index is 13.2. The molecular weight excluding hydrogens is 249 g/mol. The van der Waals surface area contributed by atoms with Crippen molar-refractivity contribution in [1.82, 2.24) is 5.32 Å². The molecule has 0 unspecified atom stereocenters. The molecule has 18 heavy (non-hydrogen) atoms. The summed E-state index contributed by atoms with van der Waals surface area (Å²) < 4.78 is 13.2. The minimum Gasteiger partial charge on any atom is -0.312 e. The summed E-state index contributed by atoms with van der Waals surface area (Å²) in [4.78, 5) is 0. The van der Waals surface area contributed by atoms with Gasteiger partial charge in [0.15, 0.2) is 0 Å². The Balaban J connectivity index is 1.71. The molecule has 1 N–H and O–H groups in total. The van der Waals surface area contributed by atoms with Crippen LogP contribution in [0.2, 0.25) is 5.02 Å². The largest absolute Gasteiger partial charge is 0.312 e. The van der Waals surface area contributed by atoms with Gasteiger partial charge in [0.05, 0.1) is 5.02 Å². The molecule has 0 aromatic heterocycles. The van der Waals surface area contributed by atoms with E-state index in [0.29, 0.717) is 6.54 Å². The van der Waals surface area contributed by atoms with Gasteiger partial charge in [-0.3, -0.25) is 0 Å². The Morgan fingerprint density at radius 2 is 2.17 bits per heavy atom. The van der Waals surface area contributed by atoms with Crippen molar-refractivity contribution in [3.63, 3.8) is 0 Å². The van der Waals surface area contributed by atoms with Crippen LogP contribution in [0.5, 0.6) is 0 Å². The molecular formula is C15H19ClFN. The van der Waals surface area contributed by atoms with Crippen LogP contribution in [0, 0.1) is 5.82 Å². The molecule has 1 aliphatic rings. The number of allylic oxidation sites excluding steroid dienone is 1. The van der Waals surface area contributed by atoms with Gasteiger partial charge in [0.1, 0.15) is 5.82 Å². The summed E-state index contributed by atoms with van der Waals surface area (Å²) in [5, 5.41) is 3.53. The van der Waals surface area contributed by atoms with Crippen LogP contribution in [0.25, 0.3) is 0 Å². The Labute approximate surface area is 113 Å². The van der Waals surface area contributed by atoms with Crippen LogP contribution in [-0.4, -0.2) is 6.54 Å². The van der Waals surface area contributed by atoms with E-state index in [1.807, 2.05) is 6.07 Å². The van der Waals surface area contributed by atoms with Crippen molar-refractivity contribution in [2.24, 2.45) is 0 Å². The minimum atomic E-state index is -0.342. The fourth-order valence-electron chi connectivity index (χ4n) is 2.26. The highest BCUT2D eigenvalue weighted by Gasteiger charge is 2.03. The zero-order chi connectivity index (χ0) is 12.8. The zero-order valence-electron chi connectivity index (χ0n) is 10.5. The van der Waals surface area contributed by atoms with Crippen molar-refractivity contribution in [3.05, 3.63) is 46.3 Å². The van der Waals surface area contributed by atoms with Gasteiger partial charge >= 0.3 is 0 Å². The third-order valence-corrected chi connectivity index (χ3v) is 3.63. The number of nitrogens with one attached hydrogen (secondary N) is 1. The maximum absolute atomic E-state index is 13.2. The van der Waals surface area contributed by atoms with Crippen LogP contribution in [0.3, 0.4) is 0 Å². The van der Waals surface area contributed by atoms with E-state index in [2.05, 4.69) is 11.4 Å². The normalized spacial score (nSPS) is 15.6. The summed E-state index contributed by atoms with van der Waals surface area (Å²) in [6.07, 6.45) is 8.62. The second kappa shape index (κ2) is 6.91. The first kappa shape index (κ1) is 13.6. The van der Waals surface area contributed by atoms with E-state index in [-0.39, 0.29) is 10.8 Å². The van der Waals surface area contributed by atoms with Crippen LogP contribution in [0.15, 0.2) is 29.8 Å². The van der Waals surface area contributed by atoms with Gasteiger partial charge in [-0.25, -0.2) is 4.39 Å². The molecule has 0 saturated carbocycles. The Hall–Kier alpha value is -0.860. The molecule has 0 spiro atoms. The number of halogens is 2. The molecule has 98 valence electrons. The SMILES string of the molecule is Fc1cc(CNCCC2=CCCCC2)ccc1Cl. The minimum absolute atomic E-state index is 0.186. The van der Waals surface area contributed by atoms with E-state index in [1.165, 1.54) is 31.7 Å². The number of benzene rings is 1. The smallest absolute Gasteiger partial charge is 0.142 e. The average molecular weight is 268 g/mol. The molecule has 2 rings (SSSR count). The molecule has 0 amide bonds. The molecule has 0 aliphatic heterocycles. The molecule has 1 aliphatic carbocycles. The predicted octanol–water partition coefficient (Wildman–Crippen LogP) is 4.46. The molecule has 0 bridgehead atoms. The summed E-state index contributed by atoms with van der Waals surface area (Å²) in [6.45, 7) is 1.65. The molecule has 3 heteroatoms. The predicted molar refractivity (Wildman–Crippen MR) is 74.3 cm³/mol. The van der Waals surface area contributed by atoms with Gasteiger partial charge in [0, 0.05) is 6.54 Å². The number of rotatable bonds is 5. The van der Waals surface area contributed by atoms with E-state index >= 15 is 0 Å². The molecule has 1 nitrogen and oxygen atoms in total. The summed E-state index contributed by atoms with van der Waals surface area (Å²) in [6, 6.07) is 4.96. The lowest BCUT2D eigenvalue weighted by molar-refractivity contribution is 0.614. The van der Waals surface area contributed by atoms with Crippen LogP contribution in [0.4, 0.5) is 4.39 Å². The Morgan fingerprint density at radius 3 is 2.89 bits per heavy atom. The lowest BCUT2D eigenvalue weighted by Gasteiger charge is -2.13. The van der Waals surface area contributed by atoms with Crippen molar-refractivity contribution in [1.29, 1.82) is 0 Å². The fraction of sp³-hybridized carbons (Fsp3) is 0.467. The third-order valence-electron chi connectivity index (χ3n) is 3.32. The van der Waals surface area contributed by atoms with Crippen molar-refractivity contribution in [2.45, 2.75) is 38.6 Å². The average Bonchev–Trinajstić information content (AvgIpc) is 2.40.